The second-order valence-electron chi connectivity index (χ2n) is 8.68. The van der Waals surface area contributed by atoms with Crippen LogP contribution in [0, 0.1) is 0 Å². The number of fused-ring (bicyclic) bond motifs is 2. The zero-order chi connectivity index (χ0) is 26.7. The van der Waals surface area contributed by atoms with Crippen LogP contribution in [0.4, 0.5) is 5.69 Å². The highest BCUT2D eigenvalue weighted by molar-refractivity contribution is 7.85. The minimum absolute atomic E-state index is 0.243. The van der Waals surface area contributed by atoms with Crippen LogP contribution in [0.1, 0.15) is 38.1 Å². The number of halogens is 1. The maximum atomic E-state index is 11.0. The van der Waals surface area contributed by atoms with Gasteiger partial charge in [0.1, 0.15) is 4.70 Å². The third-order valence-electron chi connectivity index (χ3n) is 6.11. The molecule has 0 spiro atoms. The molecule has 0 atom stereocenters. The van der Waals surface area contributed by atoms with Gasteiger partial charge in [-0.3, -0.25) is 0 Å². The van der Waals surface area contributed by atoms with E-state index in [1.165, 1.54) is 0 Å². The summed E-state index contributed by atoms with van der Waals surface area (Å²) < 4.78 is 42.2. The molecule has 0 fully saturated rings. The number of thiazole rings is 1. The lowest BCUT2D eigenvalue weighted by atomic mass is 9.80. The molecule has 0 aliphatic carbocycles. The fraction of sp³-hybridized carbons (Fsp3) is 0.320. The Bertz CT molecular complexity index is 1470. The molecule has 37 heavy (non-hydrogen) atoms. The maximum absolute atomic E-state index is 11.0. The number of hydrogen-bond donors (Lipinski definition) is 2. The highest BCUT2D eigenvalue weighted by atomic mass is 35.5. The second-order valence-corrected chi connectivity index (χ2v) is 11.7. The molecule has 0 unspecified atom stereocenters. The topological polar surface area (TPSA) is 114 Å². The Balaban J connectivity index is 1.71. The van der Waals surface area contributed by atoms with E-state index in [4.69, 9.17) is 16.3 Å². The number of rotatable bonds is 10. The van der Waals surface area contributed by atoms with Gasteiger partial charge < -0.3 is 24.2 Å². The predicted molar refractivity (Wildman–Crippen MR) is 147 cm³/mol. The standard InChI is InChI=1S/C25H28BClN2O6S2/c1-3-17(13-24-28(4-2)20-16-19(27)8-9-22(20)35-24)14-25-29(11-5-6-12-37(32,33)34)21-15-18(26(30)31)7-10-23(21)36-25/h7-10,13-16,30-31H,3-6,11-12H2,1-2H3. The first-order valence-electron chi connectivity index (χ1n) is 12.0. The summed E-state index contributed by atoms with van der Waals surface area (Å²) in [7, 11) is -5.88. The van der Waals surface area contributed by atoms with E-state index >= 15 is 0 Å². The minimum atomic E-state index is -4.27. The lowest BCUT2D eigenvalue weighted by molar-refractivity contribution is -0.669. The van der Waals surface area contributed by atoms with Gasteiger partial charge in [-0.1, -0.05) is 35.9 Å². The molecule has 2 aromatic carbocycles. The summed E-state index contributed by atoms with van der Waals surface area (Å²) in [6, 6.07) is 10.8. The van der Waals surface area contributed by atoms with Crippen molar-refractivity contribution >= 4 is 67.6 Å². The fourth-order valence-corrected chi connectivity index (χ4v) is 6.11. The van der Waals surface area contributed by atoms with E-state index in [1.54, 1.807) is 29.5 Å². The second kappa shape index (κ2) is 11.5. The fourth-order valence-electron chi connectivity index (χ4n) is 4.24. The van der Waals surface area contributed by atoms with Crippen molar-refractivity contribution in [3.63, 3.8) is 0 Å². The molecule has 2 heterocycles. The van der Waals surface area contributed by atoms with Crippen LogP contribution < -0.4 is 19.7 Å². The van der Waals surface area contributed by atoms with Crippen LogP contribution in [0.5, 0.6) is 5.75 Å². The van der Waals surface area contributed by atoms with Crippen LogP contribution in [0.25, 0.3) is 16.3 Å². The predicted octanol–water partition coefficient (Wildman–Crippen LogP) is 3.40. The van der Waals surface area contributed by atoms with Gasteiger partial charge >= 0.3 is 7.12 Å². The van der Waals surface area contributed by atoms with E-state index in [1.807, 2.05) is 35.8 Å². The number of aryl methyl sites for hydroxylation is 1. The third-order valence-corrected chi connectivity index (χ3v) is 8.25. The number of aromatic nitrogens is 1. The summed E-state index contributed by atoms with van der Waals surface area (Å²) in [5.74, 6) is 1.03. The minimum Gasteiger partial charge on any atom is -0.748 e. The van der Waals surface area contributed by atoms with Crippen molar-refractivity contribution < 1.29 is 32.3 Å². The molecule has 8 nitrogen and oxygen atoms in total. The van der Waals surface area contributed by atoms with Gasteiger partial charge in [-0.25, -0.2) is 8.42 Å². The van der Waals surface area contributed by atoms with Crippen molar-refractivity contribution in [3.8, 4) is 5.75 Å². The Kier molecular flexibility index (Phi) is 8.62. The number of unbranched alkanes of at least 4 members (excludes halogenated alkanes) is 1. The number of allylic oxidation sites excluding steroid dienone is 2. The van der Waals surface area contributed by atoms with Gasteiger partial charge in [0, 0.05) is 42.0 Å². The van der Waals surface area contributed by atoms with Crippen LogP contribution in [-0.4, -0.2) is 42.4 Å². The monoisotopic (exact) mass is 562 g/mol. The SMILES string of the molecule is CCC(=Cc1sc2ccc(B(O)O)cc2[n+]1CCCCS(=O)(=O)[O-])C=C1Oc2ccc(Cl)cc2N1CC. The number of anilines is 1. The molecule has 196 valence electrons. The van der Waals surface area contributed by atoms with E-state index in [-0.39, 0.29) is 6.42 Å². The van der Waals surface area contributed by atoms with E-state index in [0.29, 0.717) is 35.9 Å². The molecule has 1 aromatic heterocycles. The van der Waals surface area contributed by atoms with Crippen LogP contribution in [0.3, 0.4) is 0 Å². The molecule has 0 amide bonds. The van der Waals surface area contributed by atoms with Gasteiger partial charge in [0.25, 0.3) is 5.01 Å². The molecule has 0 saturated carbocycles. The highest BCUT2D eigenvalue weighted by Gasteiger charge is 2.26. The first kappa shape index (κ1) is 27.6. The van der Waals surface area contributed by atoms with Gasteiger partial charge in [-0.2, -0.15) is 4.57 Å². The molecule has 1 aliphatic heterocycles. The lowest BCUT2D eigenvalue weighted by Gasteiger charge is -2.16. The average molecular weight is 563 g/mol. The third kappa shape index (κ3) is 6.54. The number of ether oxygens (including phenoxy) is 1. The summed E-state index contributed by atoms with van der Waals surface area (Å²) in [4.78, 5) is 2.06. The first-order chi connectivity index (χ1) is 17.6. The highest BCUT2D eigenvalue weighted by Crippen LogP contribution is 2.41. The van der Waals surface area contributed by atoms with E-state index < -0.39 is 23.0 Å². The molecule has 12 heteroatoms. The van der Waals surface area contributed by atoms with Crippen molar-refractivity contribution in [2.24, 2.45) is 0 Å². The Labute approximate surface area is 226 Å². The van der Waals surface area contributed by atoms with Crippen LogP contribution >= 0.6 is 22.9 Å². The quantitative estimate of drug-likeness (QED) is 0.168. The summed E-state index contributed by atoms with van der Waals surface area (Å²) in [6.45, 7) is 5.27. The molecule has 3 aromatic rings. The molecule has 0 saturated heterocycles. The first-order valence-corrected chi connectivity index (χ1v) is 14.8. The lowest BCUT2D eigenvalue weighted by Crippen LogP contribution is -2.37. The van der Waals surface area contributed by atoms with Crippen molar-refractivity contribution in [1.29, 1.82) is 0 Å². The molecular formula is C25H28BClN2O6S2. The largest absolute Gasteiger partial charge is 0.748 e. The normalized spacial score (nSPS) is 14.9. The molecular weight excluding hydrogens is 535 g/mol. The molecule has 4 rings (SSSR count). The summed E-state index contributed by atoms with van der Waals surface area (Å²) in [5.41, 5.74) is 3.10. The van der Waals surface area contributed by atoms with Crippen LogP contribution in [0.15, 0.2) is 53.9 Å². The van der Waals surface area contributed by atoms with Gasteiger partial charge in [0.05, 0.1) is 15.8 Å². The molecule has 0 radical (unpaired) electrons. The maximum Gasteiger partial charge on any atom is 0.488 e. The smallest absolute Gasteiger partial charge is 0.488 e. The van der Waals surface area contributed by atoms with Crippen LogP contribution in [0.2, 0.25) is 5.02 Å². The van der Waals surface area contributed by atoms with Gasteiger partial charge in [0.2, 0.25) is 11.4 Å². The zero-order valence-electron chi connectivity index (χ0n) is 20.6. The molecule has 1 aliphatic rings. The summed E-state index contributed by atoms with van der Waals surface area (Å²) in [5, 5.41) is 20.9. The molecule has 0 bridgehead atoms. The van der Waals surface area contributed by atoms with Crippen molar-refractivity contribution in [3.05, 3.63) is 64.0 Å². The summed E-state index contributed by atoms with van der Waals surface area (Å²) >= 11 is 7.75. The Hall–Kier alpha value is -2.41. The number of benzene rings is 2. The van der Waals surface area contributed by atoms with Crippen molar-refractivity contribution in [1.82, 2.24) is 0 Å². The van der Waals surface area contributed by atoms with E-state index in [0.717, 1.165) is 38.7 Å². The van der Waals surface area contributed by atoms with Gasteiger partial charge in [-0.05, 0) is 55.1 Å². The zero-order valence-corrected chi connectivity index (χ0v) is 22.9. The number of hydrogen-bond acceptors (Lipinski definition) is 8. The Morgan fingerprint density at radius 1 is 1.22 bits per heavy atom. The van der Waals surface area contributed by atoms with Crippen molar-refractivity contribution in [2.45, 2.75) is 39.7 Å². The number of nitrogens with zero attached hydrogens (tertiary/aromatic N) is 2. The van der Waals surface area contributed by atoms with E-state index in [2.05, 4.69) is 17.9 Å². The van der Waals surface area contributed by atoms with Gasteiger partial charge in [-0.15, -0.1) is 0 Å². The summed E-state index contributed by atoms with van der Waals surface area (Å²) in [6.07, 6.45) is 5.51. The van der Waals surface area contributed by atoms with E-state index in [9.17, 15) is 23.0 Å². The average Bonchev–Trinajstić information content (AvgIpc) is 3.36. The van der Waals surface area contributed by atoms with Gasteiger partial charge in [0.15, 0.2) is 12.3 Å². The van der Waals surface area contributed by atoms with Crippen molar-refractivity contribution in [2.75, 3.05) is 17.2 Å². The van der Waals surface area contributed by atoms with Crippen LogP contribution in [-0.2, 0) is 16.7 Å². The Morgan fingerprint density at radius 2 is 2.00 bits per heavy atom. The molecule has 2 N–H and O–H groups in total. The Morgan fingerprint density at radius 3 is 2.68 bits per heavy atom.